The van der Waals surface area contributed by atoms with Crippen LogP contribution in [0.1, 0.15) is 35.3 Å². The Morgan fingerprint density at radius 1 is 1.50 bits per heavy atom. The first-order chi connectivity index (χ1) is 5.65. The van der Waals surface area contributed by atoms with E-state index in [2.05, 4.69) is 25.8 Å². The first kappa shape index (κ1) is 9.68. The molecular weight excluding hydrogens is 170 g/mol. The van der Waals surface area contributed by atoms with Crippen LogP contribution in [0.4, 0.5) is 0 Å². The van der Waals surface area contributed by atoms with Crippen LogP contribution in [0, 0.1) is 6.92 Å². The van der Waals surface area contributed by atoms with Gasteiger partial charge in [0.05, 0.1) is 10.7 Å². The van der Waals surface area contributed by atoms with E-state index in [0.717, 1.165) is 5.69 Å². The summed E-state index contributed by atoms with van der Waals surface area (Å²) < 4.78 is 0. The normalized spacial score (nSPS) is 11.1. The van der Waals surface area contributed by atoms with Crippen LogP contribution in [0.3, 0.4) is 0 Å². The summed E-state index contributed by atoms with van der Waals surface area (Å²) in [5, 5.41) is 9.93. The highest BCUT2D eigenvalue weighted by Gasteiger charge is 2.09. The molecule has 0 amide bonds. The Morgan fingerprint density at radius 2 is 2.17 bits per heavy atom. The number of aromatic nitrogens is 1. The summed E-state index contributed by atoms with van der Waals surface area (Å²) in [4.78, 5) is 5.70. The Hall–Kier alpha value is -0.410. The van der Waals surface area contributed by atoms with E-state index >= 15 is 0 Å². The van der Waals surface area contributed by atoms with Crippen molar-refractivity contribution in [2.75, 3.05) is 6.61 Å². The molecule has 0 unspecified atom stereocenters. The monoisotopic (exact) mass is 185 g/mol. The molecule has 0 bridgehead atoms. The molecule has 0 aliphatic heterocycles. The fourth-order valence-corrected chi connectivity index (χ4v) is 2.01. The lowest BCUT2D eigenvalue weighted by atomic mass is 10.2. The Labute approximate surface area is 77.3 Å². The van der Waals surface area contributed by atoms with Crippen LogP contribution in [-0.4, -0.2) is 16.7 Å². The summed E-state index contributed by atoms with van der Waals surface area (Å²) in [6.07, 6.45) is 0.690. The van der Waals surface area contributed by atoms with E-state index in [0.29, 0.717) is 12.3 Å². The minimum Gasteiger partial charge on any atom is -0.396 e. The van der Waals surface area contributed by atoms with Crippen molar-refractivity contribution in [3.8, 4) is 0 Å². The molecule has 0 aliphatic rings. The van der Waals surface area contributed by atoms with Crippen LogP contribution in [0.5, 0.6) is 0 Å². The molecule has 1 aromatic rings. The fraction of sp³-hybridized carbons (Fsp3) is 0.667. The summed E-state index contributed by atoms with van der Waals surface area (Å²) in [5.74, 6) is 0.501. The van der Waals surface area contributed by atoms with Crippen molar-refractivity contribution in [3.63, 3.8) is 0 Å². The second-order valence-corrected chi connectivity index (χ2v) is 4.42. The molecule has 1 rings (SSSR count). The summed E-state index contributed by atoms with van der Waals surface area (Å²) in [5.41, 5.74) is 1.06. The van der Waals surface area contributed by atoms with Gasteiger partial charge in [-0.3, -0.25) is 0 Å². The largest absolute Gasteiger partial charge is 0.396 e. The molecule has 0 aromatic carbocycles. The van der Waals surface area contributed by atoms with Crippen molar-refractivity contribution in [2.24, 2.45) is 0 Å². The zero-order valence-corrected chi connectivity index (χ0v) is 8.61. The molecule has 0 fully saturated rings. The van der Waals surface area contributed by atoms with Crippen LogP contribution in [0.15, 0.2) is 0 Å². The van der Waals surface area contributed by atoms with E-state index in [4.69, 9.17) is 5.11 Å². The van der Waals surface area contributed by atoms with Gasteiger partial charge < -0.3 is 5.11 Å². The van der Waals surface area contributed by atoms with Crippen molar-refractivity contribution in [1.29, 1.82) is 0 Å². The van der Waals surface area contributed by atoms with E-state index in [-0.39, 0.29) is 6.61 Å². The minimum absolute atomic E-state index is 0.197. The lowest BCUT2D eigenvalue weighted by Gasteiger charge is -1.95. The molecule has 1 N–H and O–H groups in total. The topological polar surface area (TPSA) is 33.1 Å². The number of hydrogen-bond donors (Lipinski definition) is 1. The molecule has 0 atom stereocenters. The SMILES string of the molecule is Cc1sc(C(C)C)nc1CCO. The quantitative estimate of drug-likeness (QED) is 0.782. The zero-order valence-electron chi connectivity index (χ0n) is 7.79. The Morgan fingerprint density at radius 3 is 2.58 bits per heavy atom. The fourth-order valence-electron chi connectivity index (χ4n) is 1.04. The van der Waals surface area contributed by atoms with Crippen molar-refractivity contribution < 1.29 is 5.11 Å². The Kier molecular flexibility index (Phi) is 3.23. The molecule has 68 valence electrons. The van der Waals surface area contributed by atoms with E-state index < -0.39 is 0 Å². The molecule has 1 aromatic heterocycles. The van der Waals surface area contributed by atoms with Gasteiger partial charge >= 0.3 is 0 Å². The second kappa shape index (κ2) is 4.01. The highest BCUT2D eigenvalue weighted by Crippen LogP contribution is 2.24. The molecule has 2 nitrogen and oxygen atoms in total. The standard InChI is InChI=1S/C9H15NOS/c1-6(2)9-10-8(4-5-11)7(3)12-9/h6,11H,4-5H2,1-3H3. The third-order valence-corrected chi connectivity index (χ3v) is 3.07. The predicted octanol–water partition coefficient (Wildman–Crippen LogP) is 2.11. The number of aliphatic hydroxyl groups excluding tert-OH is 1. The maximum Gasteiger partial charge on any atom is 0.0956 e. The Balaban J connectivity index is 2.85. The third-order valence-electron chi connectivity index (χ3n) is 1.75. The smallest absolute Gasteiger partial charge is 0.0956 e. The second-order valence-electron chi connectivity index (χ2n) is 3.18. The summed E-state index contributed by atoms with van der Waals surface area (Å²) in [6, 6.07) is 0. The first-order valence-corrected chi connectivity index (χ1v) is 5.04. The van der Waals surface area contributed by atoms with E-state index in [1.165, 1.54) is 9.88 Å². The number of aryl methyl sites for hydroxylation is 1. The minimum atomic E-state index is 0.197. The van der Waals surface area contributed by atoms with Gasteiger partial charge in [-0.1, -0.05) is 13.8 Å². The Bertz CT molecular complexity index is 255. The predicted molar refractivity (Wildman–Crippen MR) is 51.7 cm³/mol. The number of aliphatic hydroxyl groups is 1. The molecule has 0 saturated carbocycles. The first-order valence-electron chi connectivity index (χ1n) is 4.22. The van der Waals surface area contributed by atoms with Crippen molar-refractivity contribution >= 4 is 11.3 Å². The maximum atomic E-state index is 8.76. The van der Waals surface area contributed by atoms with Crippen LogP contribution in [-0.2, 0) is 6.42 Å². The number of rotatable bonds is 3. The average molecular weight is 185 g/mol. The van der Waals surface area contributed by atoms with Gasteiger partial charge in [0, 0.05) is 23.8 Å². The molecule has 3 heteroatoms. The van der Waals surface area contributed by atoms with Gasteiger partial charge in [0.25, 0.3) is 0 Å². The average Bonchev–Trinajstić information content (AvgIpc) is 2.34. The molecule has 0 spiro atoms. The highest BCUT2D eigenvalue weighted by atomic mass is 32.1. The molecular formula is C9H15NOS. The molecule has 0 radical (unpaired) electrons. The van der Waals surface area contributed by atoms with Gasteiger partial charge in [-0.15, -0.1) is 11.3 Å². The van der Waals surface area contributed by atoms with Crippen molar-refractivity contribution in [1.82, 2.24) is 4.98 Å². The summed E-state index contributed by atoms with van der Waals surface area (Å²) >= 11 is 1.74. The number of hydrogen-bond acceptors (Lipinski definition) is 3. The van der Waals surface area contributed by atoms with Crippen LogP contribution in [0.2, 0.25) is 0 Å². The van der Waals surface area contributed by atoms with Gasteiger partial charge in [0.1, 0.15) is 0 Å². The maximum absolute atomic E-state index is 8.76. The zero-order chi connectivity index (χ0) is 9.14. The van der Waals surface area contributed by atoms with Gasteiger partial charge in [0.15, 0.2) is 0 Å². The van der Waals surface area contributed by atoms with Gasteiger partial charge in [0.2, 0.25) is 0 Å². The lowest BCUT2D eigenvalue weighted by molar-refractivity contribution is 0.298. The molecule has 12 heavy (non-hydrogen) atoms. The van der Waals surface area contributed by atoms with Crippen LogP contribution in [0.25, 0.3) is 0 Å². The van der Waals surface area contributed by atoms with Gasteiger partial charge in [-0.25, -0.2) is 4.98 Å². The van der Waals surface area contributed by atoms with Crippen LogP contribution >= 0.6 is 11.3 Å². The number of thiazole rings is 1. The van der Waals surface area contributed by atoms with Crippen molar-refractivity contribution in [3.05, 3.63) is 15.6 Å². The van der Waals surface area contributed by atoms with Gasteiger partial charge in [-0.2, -0.15) is 0 Å². The number of nitrogens with zero attached hydrogens (tertiary/aromatic N) is 1. The molecule has 0 aliphatic carbocycles. The molecule has 1 heterocycles. The van der Waals surface area contributed by atoms with Gasteiger partial charge in [-0.05, 0) is 6.92 Å². The third kappa shape index (κ3) is 2.05. The van der Waals surface area contributed by atoms with E-state index in [1.807, 2.05) is 0 Å². The highest BCUT2D eigenvalue weighted by molar-refractivity contribution is 7.11. The van der Waals surface area contributed by atoms with Crippen LogP contribution < -0.4 is 0 Å². The van der Waals surface area contributed by atoms with E-state index in [9.17, 15) is 0 Å². The lowest BCUT2D eigenvalue weighted by Crippen LogP contribution is -1.93. The summed E-state index contributed by atoms with van der Waals surface area (Å²) in [7, 11) is 0. The van der Waals surface area contributed by atoms with Crippen molar-refractivity contribution in [2.45, 2.75) is 33.1 Å². The molecule has 0 saturated heterocycles. The van der Waals surface area contributed by atoms with E-state index in [1.54, 1.807) is 11.3 Å². The summed E-state index contributed by atoms with van der Waals surface area (Å²) in [6.45, 7) is 6.54.